The van der Waals surface area contributed by atoms with Crippen LogP contribution in [0.3, 0.4) is 0 Å². The SMILES string of the molecule is O=C1NC(=O)C(CCc2ccncc2)(CCc2ccncc2)C(=O)N1Cc1ccco1. The van der Waals surface area contributed by atoms with E-state index < -0.39 is 23.3 Å². The highest BCUT2D eigenvalue weighted by Crippen LogP contribution is 2.36. The van der Waals surface area contributed by atoms with Gasteiger partial charge in [-0.3, -0.25) is 29.8 Å². The number of nitrogens with one attached hydrogen (secondary N) is 1. The summed E-state index contributed by atoms with van der Waals surface area (Å²) in [6.07, 6.45) is 9.73. The Morgan fingerprint density at radius 1 is 0.871 bits per heavy atom. The molecule has 8 nitrogen and oxygen atoms in total. The van der Waals surface area contributed by atoms with Crippen molar-refractivity contribution in [3.63, 3.8) is 0 Å². The second-order valence-electron chi connectivity index (χ2n) is 7.52. The average Bonchev–Trinajstić information content (AvgIpc) is 3.31. The van der Waals surface area contributed by atoms with Crippen molar-refractivity contribution in [2.24, 2.45) is 5.41 Å². The molecule has 0 saturated carbocycles. The summed E-state index contributed by atoms with van der Waals surface area (Å²) in [5.41, 5.74) is 0.564. The lowest BCUT2D eigenvalue weighted by Crippen LogP contribution is -2.63. The van der Waals surface area contributed by atoms with E-state index in [4.69, 9.17) is 4.42 Å². The minimum absolute atomic E-state index is 0.0305. The number of hydrogen-bond donors (Lipinski definition) is 1. The Morgan fingerprint density at radius 2 is 1.45 bits per heavy atom. The van der Waals surface area contributed by atoms with Gasteiger partial charge in [0.1, 0.15) is 11.2 Å². The normalized spacial score (nSPS) is 15.7. The molecule has 0 spiro atoms. The fourth-order valence-electron chi connectivity index (χ4n) is 3.81. The number of aryl methyl sites for hydroxylation is 2. The van der Waals surface area contributed by atoms with Crippen LogP contribution in [0.1, 0.15) is 29.7 Å². The molecule has 4 rings (SSSR count). The van der Waals surface area contributed by atoms with Gasteiger partial charge in [0.25, 0.3) is 0 Å². The smallest absolute Gasteiger partial charge is 0.331 e. The number of urea groups is 1. The minimum Gasteiger partial charge on any atom is -0.467 e. The summed E-state index contributed by atoms with van der Waals surface area (Å²) in [5, 5.41) is 2.40. The molecule has 0 atom stereocenters. The van der Waals surface area contributed by atoms with Gasteiger partial charge in [0.05, 0.1) is 12.8 Å². The van der Waals surface area contributed by atoms with Gasteiger partial charge in [-0.15, -0.1) is 0 Å². The summed E-state index contributed by atoms with van der Waals surface area (Å²) in [5.74, 6) is -0.586. The Labute approximate surface area is 179 Å². The molecular weight excluding hydrogens is 396 g/mol. The van der Waals surface area contributed by atoms with Gasteiger partial charge in [-0.1, -0.05) is 0 Å². The standard InChI is InChI=1S/C23H22N4O4/c28-20-23(9-3-17-5-11-24-12-6-17,10-4-18-7-13-25-14-8-18)21(29)27(22(30)26-20)16-19-2-1-15-31-19/h1-2,5-8,11-15H,3-4,9-10,16H2,(H,26,28,30). The van der Waals surface area contributed by atoms with E-state index in [1.54, 1.807) is 36.9 Å². The molecule has 1 aliphatic rings. The van der Waals surface area contributed by atoms with Crippen molar-refractivity contribution in [1.29, 1.82) is 0 Å². The number of pyridine rings is 2. The van der Waals surface area contributed by atoms with Gasteiger partial charge in [0.15, 0.2) is 0 Å². The molecule has 3 aromatic rings. The van der Waals surface area contributed by atoms with Gasteiger partial charge in [-0.25, -0.2) is 4.79 Å². The Morgan fingerprint density at radius 3 is 1.97 bits per heavy atom. The van der Waals surface area contributed by atoms with Crippen molar-refractivity contribution < 1.29 is 18.8 Å². The second kappa shape index (κ2) is 8.91. The summed E-state index contributed by atoms with van der Waals surface area (Å²) in [7, 11) is 0. The summed E-state index contributed by atoms with van der Waals surface area (Å²) in [4.78, 5) is 48.3. The monoisotopic (exact) mass is 418 g/mol. The van der Waals surface area contributed by atoms with Gasteiger partial charge in [0, 0.05) is 24.8 Å². The maximum Gasteiger partial charge on any atom is 0.331 e. The third-order valence-electron chi connectivity index (χ3n) is 5.63. The number of furan rings is 1. The molecule has 4 amide bonds. The van der Waals surface area contributed by atoms with Crippen LogP contribution < -0.4 is 5.32 Å². The van der Waals surface area contributed by atoms with Crippen LogP contribution in [0.5, 0.6) is 0 Å². The molecule has 0 unspecified atom stereocenters. The van der Waals surface area contributed by atoms with E-state index in [2.05, 4.69) is 15.3 Å². The second-order valence-corrected chi connectivity index (χ2v) is 7.52. The molecule has 8 heteroatoms. The summed E-state index contributed by atoms with van der Waals surface area (Å²) >= 11 is 0. The van der Waals surface area contributed by atoms with Gasteiger partial charge in [0.2, 0.25) is 11.8 Å². The Kier molecular flexibility index (Phi) is 5.88. The Hall–Kier alpha value is -3.81. The number of aromatic nitrogens is 2. The molecule has 4 heterocycles. The maximum atomic E-state index is 13.6. The van der Waals surface area contributed by atoms with E-state index in [1.165, 1.54) is 6.26 Å². The number of amides is 4. The van der Waals surface area contributed by atoms with E-state index >= 15 is 0 Å². The van der Waals surface area contributed by atoms with Crippen LogP contribution in [-0.4, -0.2) is 32.7 Å². The third kappa shape index (κ3) is 4.37. The molecule has 0 aromatic carbocycles. The number of barbiturate groups is 1. The lowest BCUT2D eigenvalue weighted by Gasteiger charge is -2.39. The summed E-state index contributed by atoms with van der Waals surface area (Å²) in [6.45, 7) is -0.0305. The largest absolute Gasteiger partial charge is 0.467 e. The van der Waals surface area contributed by atoms with Crippen LogP contribution in [0, 0.1) is 5.41 Å². The summed E-state index contributed by atoms with van der Waals surface area (Å²) in [6, 6.07) is 10.1. The molecule has 0 radical (unpaired) electrons. The zero-order valence-corrected chi connectivity index (χ0v) is 16.9. The molecule has 0 aliphatic carbocycles. The number of rotatable bonds is 8. The first-order valence-corrected chi connectivity index (χ1v) is 10.1. The average molecular weight is 418 g/mol. The molecule has 3 aromatic heterocycles. The van der Waals surface area contributed by atoms with Crippen molar-refractivity contribution in [2.75, 3.05) is 0 Å². The first-order valence-electron chi connectivity index (χ1n) is 10.1. The highest BCUT2D eigenvalue weighted by Gasteiger charge is 2.53. The number of nitrogens with zero attached hydrogens (tertiary/aromatic N) is 3. The molecule has 31 heavy (non-hydrogen) atoms. The van der Waals surface area contributed by atoms with Crippen LogP contribution in [0.25, 0.3) is 0 Å². The lowest BCUT2D eigenvalue weighted by atomic mass is 9.74. The van der Waals surface area contributed by atoms with Gasteiger partial charge < -0.3 is 4.42 Å². The van der Waals surface area contributed by atoms with Crippen LogP contribution >= 0.6 is 0 Å². The van der Waals surface area contributed by atoms with Gasteiger partial charge >= 0.3 is 6.03 Å². The molecule has 0 bridgehead atoms. The maximum absolute atomic E-state index is 13.6. The third-order valence-corrected chi connectivity index (χ3v) is 5.63. The van der Waals surface area contributed by atoms with E-state index in [-0.39, 0.29) is 19.4 Å². The van der Waals surface area contributed by atoms with Crippen molar-refractivity contribution in [1.82, 2.24) is 20.2 Å². The highest BCUT2D eigenvalue weighted by atomic mass is 16.3. The number of carbonyl (C=O) groups is 3. The molecule has 1 N–H and O–H groups in total. The van der Waals surface area contributed by atoms with Crippen molar-refractivity contribution in [3.8, 4) is 0 Å². The quantitative estimate of drug-likeness (QED) is 0.564. The van der Waals surface area contributed by atoms with Crippen LogP contribution in [-0.2, 0) is 29.0 Å². The predicted octanol–water partition coefficient (Wildman–Crippen LogP) is 2.90. The molecule has 1 saturated heterocycles. The van der Waals surface area contributed by atoms with E-state index in [1.807, 2.05) is 24.3 Å². The Bertz CT molecular complexity index is 1010. The van der Waals surface area contributed by atoms with E-state index in [0.717, 1.165) is 16.0 Å². The zero-order chi connectivity index (χ0) is 21.7. The highest BCUT2D eigenvalue weighted by molar-refractivity contribution is 6.19. The van der Waals surface area contributed by atoms with Crippen LogP contribution in [0.2, 0.25) is 0 Å². The molecule has 158 valence electrons. The topological polar surface area (TPSA) is 105 Å². The lowest BCUT2D eigenvalue weighted by molar-refractivity contribution is -0.153. The molecular formula is C23H22N4O4. The number of hydrogen-bond acceptors (Lipinski definition) is 6. The minimum atomic E-state index is -1.37. The fourth-order valence-corrected chi connectivity index (χ4v) is 3.81. The van der Waals surface area contributed by atoms with Crippen molar-refractivity contribution >= 4 is 17.8 Å². The van der Waals surface area contributed by atoms with E-state index in [0.29, 0.717) is 18.6 Å². The zero-order valence-electron chi connectivity index (χ0n) is 16.9. The number of carbonyl (C=O) groups excluding carboxylic acids is 3. The van der Waals surface area contributed by atoms with Crippen LogP contribution in [0.15, 0.2) is 71.9 Å². The number of imide groups is 2. The first-order chi connectivity index (χ1) is 15.1. The Balaban J connectivity index is 1.63. The van der Waals surface area contributed by atoms with Gasteiger partial charge in [-0.2, -0.15) is 0 Å². The first kappa shape index (κ1) is 20.5. The van der Waals surface area contributed by atoms with Crippen molar-refractivity contribution in [3.05, 3.63) is 84.3 Å². The van der Waals surface area contributed by atoms with E-state index in [9.17, 15) is 14.4 Å². The predicted molar refractivity (Wildman–Crippen MR) is 110 cm³/mol. The fraction of sp³-hybridized carbons (Fsp3) is 0.261. The van der Waals surface area contributed by atoms with Crippen LogP contribution in [0.4, 0.5) is 4.79 Å². The van der Waals surface area contributed by atoms with Crippen molar-refractivity contribution in [2.45, 2.75) is 32.2 Å². The van der Waals surface area contributed by atoms with Gasteiger partial charge in [-0.05, 0) is 73.2 Å². The molecule has 1 aliphatic heterocycles. The summed E-state index contributed by atoms with van der Waals surface area (Å²) < 4.78 is 5.31. The molecule has 1 fully saturated rings.